The van der Waals surface area contributed by atoms with Crippen LogP contribution in [0, 0.1) is 5.92 Å². The molecule has 1 fully saturated rings. The second-order valence-electron chi connectivity index (χ2n) is 9.53. The van der Waals surface area contributed by atoms with Crippen molar-refractivity contribution in [2.24, 2.45) is 5.92 Å². The van der Waals surface area contributed by atoms with Gasteiger partial charge in [-0.1, -0.05) is 32.1 Å². The summed E-state index contributed by atoms with van der Waals surface area (Å²) in [4.78, 5) is 15.6. The highest BCUT2D eigenvalue weighted by Crippen LogP contribution is 2.45. The van der Waals surface area contributed by atoms with Crippen LogP contribution in [0.1, 0.15) is 63.5 Å². The summed E-state index contributed by atoms with van der Waals surface area (Å²) < 4.78 is 13.8. The average molecular weight is 453 g/mol. The second-order valence-corrected chi connectivity index (χ2v) is 9.53. The first-order chi connectivity index (χ1) is 16.1. The van der Waals surface area contributed by atoms with Gasteiger partial charge < -0.3 is 14.0 Å². The number of fused-ring (bicyclic) bond motifs is 2. The van der Waals surface area contributed by atoms with Crippen molar-refractivity contribution >= 4 is 16.9 Å². The summed E-state index contributed by atoms with van der Waals surface area (Å²) in [7, 11) is 0. The number of aromatic nitrogens is 1. The Balaban J connectivity index is 1.47. The van der Waals surface area contributed by atoms with Crippen LogP contribution in [0.25, 0.3) is 10.9 Å². The Morgan fingerprint density at radius 3 is 2.88 bits per heavy atom. The van der Waals surface area contributed by atoms with E-state index in [1.165, 1.54) is 22.0 Å². The predicted molar refractivity (Wildman–Crippen MR) is 134 cm³/mol. The summed E-state index contributed by atoms with van der Waals surface area (Å²) in [5, 5.41) is 1.40. The zero-order valence-electron chi connectivity index (χ0n) is 20.6. The molecule has 0 spiro atoms. The molecule has 0 N–H and O–H groups in total. The van der Waals surface area contributed by atoms with Crippen LogP contribution in [0.4, 0.5) is 0 Å². The number of hydrogen-bond acceptors (Lipinski definition) is 4. The minimum atomic E-state index is -0.0628. The number of piperidine rings is 1. The lowest BCUT2D eigenvalue weighted by atomic mass is 9.72. The Labute approximate surface area is 198 Å². The van der Waals surface area contributed by atoms with Gasteiger partial charge in [0.2, 0.25) is 0 Å². The number of nitrogens with zero attached hydrogens (tertiary/aromatic N) is 2. The zero-order chi connectivity index (χ0) is 23.4. The van der Waals surface area contributed by atoms with Crippen LogP contribution < -0.4 is 0 Å². The topological polar surface area (TPSA) is 43.7 Å². The highest BCUT2D eigenvalue weighted by Gasteiger charge is 2.42. The van der Waals surface area contributed by atoms with Gasteiger partial charge in [0, 0.05) is 48.8 Å². The Hall–Kier alpha value is -2.11. The number of ether oxygens (including phenoxy) is 2. The fourth-order valence-electron chi connectivity index (χ4n) is 6.04. The van der Waals surface area contributed by atoms with Crippen molar-refractivity contribution in [3.63, 3.8) is 0 Å². The fourth-order valence-corrected chi connectivity index (χ4v) is 6.04. The van der Waals surface area contributed by atoms with E-state index in [0.717, 1.165) is 58.3 Å². The van der Waals surface area contributed by atoms with Crippen molar-refractivity contribution in [1.29, 1.82) is 0 Å². The van der Waals surface area contributed by atoms with E-state index >= 15 is 0 Å². The van der Waals surface area contributed by atoms with E-state index in [1.54, 1.807) is 0 Å². The van der Waals surface area contributed by atoms with Gasteiger partial charge in [-0.05, 0) is 62.8 Å². The number of rotatable bonds is 11. The maximum absolute atomic E-state index is 13.1. The number of likely N-dealkylation sites (N-methyl/N-ethyl adjacent to an activating group) is 1. The molecule has 0 saturated carbocycles. The maximum Gasteiger partial charge on any atom is 0.310 e. The molecule has 1 aliphatic carbocycles. The van der Waals surface area contributed by atoms with Gasteiger partial charge >= 0.3 is 5.97 Å². The van der Waals surface area contributed by atoms with E-state index < -0.39 is 0 Å². The molecule has 0 radical (unpaired) electrons. The number of hydrogen-bond donors (Lipinski definition) is 0. The van der Waals surface area contributed by atoms with E-state index in [-0.39, 0.29) is 18.0 Å². The van der Waals surface area contributed by atoms with Gasteiger partial charge in [0.05, 0.1) is 18.6 Å². The largest absolute Gasteiger partial charge is 0.465 e. The molecular weight excluding hydrogens is 412 g/mol. The summed E-state index contributed by atoms with van der Waals surface area (Å²) in [5.41, 5.74) is 4.12. The van der Waals surface area contributed by atoms with E-state index in [2.05, 4.69) is 54.3 Å². The van der Waals surface area contributed by atoms with Crippen LogP contribution in [0.3, 0.4) is 0 Å². The van der Waals surface area contributed by atoms with Crippen molar-refractivity contribution in [3.8, 4) is 0 Å². The number of esters is 1. The minimum Gasteiger partial charge on any atom is -0.465 e. The standard InChI is InChI=1S/C28H40N2O3/c1-5-14-30-18-20-17-26-24(23-12-9-13-25(30)27(20)23)16-21(19-29(26)7-3)28(31)33-15-10-11-22(6-2)32-8-4/h5,9,12-13,18,21-22,24,26H,1,6-8,10-11,14-17,19H2,2-4H3/t21-,22?,24?,26-/m1/s1. The zero-order valence-corrected chi connectivity index (χ0v) is 20.6. The Morgan fingerprint density at radius 1 is 1.30 bits per heavy atom. The minimum absolute atomic E-state index is 0.0291. The Bertz CT molecular complexity index is 965. The lowest BCUT2D eigenvalue weighted by Gasteiger charge is -2.46. The van der Waals surface area contributed by atoms with E-state index in [9.17, 15) is 4.79 Å². The molecule has 1 aromatic heterocycles. The SMILES string of the molecule is C=CCn1cc2c3c(cccc31)C1C[C@@H](C(=O)OCCCC(CC)OCC)CN(CC)[C@@H]1C2. The predicted octanol–water partition coefficient (Wildman–Crippen LogP) is 5.32. The van der Waals surface area contributed by atoms with Gasteiger partial charge in [0.1, 0.15) is 0 Å². The van der Waals surface area contributed by atoms with Crippen LogP contribution in [-0.4, -0.2) is 53.9 Å². The van der Waals surface area contributed by atoms with Crippen molar-refractivity contribution in [2.75, 3.05) is 26.3 Å². The molecule has 2 unspecified atom stereocenters. The van der Waals surface area contributed by atoms with Crippen molar-refractivity contribution < 1.29 is 14.3 Å². The molecule has 2 aliphatic rings. The molecule has 4 rings (SSSR count). The van der Waals surface area contributed by atoms with E-state index in [4.69, 9.17) is 9.47 Å². The maximum atomic E-state index is 13.1. The molecule has 0 bridgehead atoms. The van der Waals surface area contributed by atoms with E-state index in [1.807, 2.05) is 13.0 Å². The molecule has 1 aromatic carbocycles. The number of benzene rings is 1. The molecule has 33 heavy (non-hydrogen) atoms. The van der Waals surface area contributed by atoms with Gasteiger partial charge in [-0.2, -0.15) is 0 Å². The smallest absolute Gasteiger partial charge is 0.310 e. The molecule has 180 valence electrons. The summed E-state index contributed by atoms with van der Waals surface area (Å²) >= 11 is 0. The lowest BCUT2D eigenvalue weighted by Crippen LogP contribution is -2.51. The van der Waals surface area contributed by atoms with E-state index in [0.29, 0.717) is 18.6 Å². The van der Waals surface area contributed by atoms with Crippen LogP contribution in [0.2, 0.25) is 0 Å². The first kappa shape index (κ1) is 24.0. The number of allylic oxidation sites excluding steroid dienone is 1. The van der Waals surface area contributed by atoms with Crippen LogP contribution >= 0.6 is 0 Å². The first-order valence-electron chi connectivity index (χ1n) is 12.8. The third kappa shape index (κ3) is 4.90. The lowest BCUT2D eigenvalue weighted by molar-refractivity contribution is -0.151. The fraction of sp³-hybridized carbons (Fsp3) is 0.607. The number of carbonyl (C=O) groups is 1. The normalized spacial score (nSPS) is 23.3. The molecule has 5 heteroatoms. The third-order valence-electron chi connectivity index (χ3n) is 7.61. The number of likely N-dealkylation sites (tertiary alicyclic amines) is 1. The number of carbonyl (C=O) groups excluding carboxylic acids is 1. The van der Waals surface area contributed by atoms with Crippen molar-refractivity contribution in [1.82, 2.24) is 9.47 Å². The van der Waals surface area contributed by atoms with Crippen molar-refractivity contribution in [2.45, 2.75) is 77.5 Å². The molecule has 5 nitrogen and oxygen atoms in total. The second kappa shape index (κ2) is 10.9. The molecule has 2 aromatic rings. The Morgan fingerprint density at radius 2 is 2.15 bits per heavy atom. The molecular formula is C28H40N2O3. The molecule has 1 aliphatic heterocycles. The molecule has 0 amide bonds. The van der Waals surface area contributed by atoms with Gasteiger partial charge in [-0.25, -0.2) is 0 Å². The van der Waals surface area contributed by atoms with Gasteiger partial charge in [-0.15, -0.1) is 6.58 Å². The van der Waals surface area contributed by atoms with Gasteiger partial charge in [-0.3, -0.25) is 9.69 Å². The van der Waals surface area contributed by atoms with Crippen molar-refractivity contribution in [3.05, 3.63) is 48.2 Å². The van der Waals surface area contributed by atoms with Gasteiger partial charge in [0.25, 0.3) is 0 Å². The van der Waals surface area contributed by atoms with Crippen LogP contribution in [0.15, 0.2) is 37.1 Å². The molecule has 1 saturated heterocycles. The quantitative estimate of drug-likeness (QED) is 0.263. The summed E-state index contributed by atoms with van der Waals surface area (Å²) in [5.74, 6) is 0.278. The summed E-state index contributed by atoms with van der Waals surface area (Å²) in [6, 6.07) is 7.11. The third-order valence-corrected chi connectivity index (χ3v) is 7.61. The molecule has 2 heterocycles. The highest BCUT2D eigenvalue weighted by molar-refractivity contribution is 5.89. The Kier molecular flexibility index (Phi) is 7.92. The van der Waals surface area contributed by atoms with Crippen LogP contribution in [0.5, 0.6) is 0 Å². The summed E-state index contributed by atoms with van der Waals surface area (Å²) in [6.07, 6.45) is 9.27. The highest BCUT2D eigenvalue weighted by atomic mass is 16.5. The molecule has 4 atom stereocenters. The monoisotopic (exact) mass is 452 g/mol. The first-order valence-corrected chi connectivity index (χ1v) is 12.8. The average Bonchev–Trinajstić information content (AvgIpc) is 3.19. The summed E-state index contributed by atoms with van der Waals surface area (Å²) in [6.45, 7) is 14.1. The van der Waals surface area contributed by atoms with Gasteiger partial charge in [0.15, 0.2) is 0 Å². The van der Waals surface area contributed by atoms with Crippen LogP contribution in [-0.2, 0) is 27.2 Å².